The number of likely N-dealkylation sites (tertiary alicyclic amines) is 1. The van der Waals surface area contributed by atoms with E-state index in [1.54, 1.807) is 17.0 Å². The minimum atomic E-state index is -3.76. The van der Waals surface area contributed by atoms with Gasteiger partial charge < -0.3 is 10.2 Å². The van der Waals surface area contributed by atoms with Gasteiger partial charge in [-0.3, -0.25) is 9.59 Å². The Morgan fingerprint density at radius 3 is 2.23 bits per heavy atom. The fourth-order valence-electron chi connectivity index (χ4n) is 3.64. The maximum absolute atomic E-state index is 13.1. The van der Waals surface area contributed by atoms with Crippen LogP contribution in [0.4, 0.5) is 5.69 Å². The third-order valence-corrected chi connectivity index (χ3v) is 6.86. The predicted molar refractivity (Wildman–Crippen MR) is 98.1 cm³/mol. The number of carbonyl (C=O) groups is 2. The number of nitrogens with zero attached hydrogens (tertiary/aromatic N) is 2. The number of rotatable bonds is 4. The summed E-state index contributed by atoms with van der Waals surface area (Å²) >= 11 is 0. The number of amides is 2. The van der Waals surface area contributed by atoms with E-state index in [0.29, 0.717) is 31.7 Å². The Hall–Kier alpha value is -1.93. The first-order valence-corrected chi connectivity index (χ1v) is 10.5. The van der Waals surface area contributed by atoms with Crippen molar-refractivity contribution in [2.24, 2.45) is 0 Å². The van der Waals surface area contributed by atoms with Crippen molar-refractivity contribution in [1.82, 2.24) is 9.21 Å². The van der Waals surface area contributed by atoms with Crippen molar-refractivity contribution >= 4 is 27.5 Å². The maximum atomic E-state index is 13.1. The van der Waals surface area contributed by atoms with E-state index in [2.05, 4.69) is 5.32 Å². The molecular formula is C18H25N3O4S. The molecule has 7 nitrogen and oxygen atoms in total. The second kappa shape index (κ2) is 7.75. The molecule has 1 atom stereocenters. The van der Waals surface area contributed by atoms with Crippen molar-refractivity contribution in [1.29, 1.82) is 0 Å². The smallest absolute Gasteiger partial charge is 0.243 e. The zero-order chi connectivity index (χ0) is 18.7. The lowest BCUT2D eigenvalue weighted by molar-refractivity contribution is -0.135. The summed E-state index contributed by atoms with van der Waals surface area (Å²) in [5.74, 6) is -0.284. The van der Waals surface area contributed by atoms with Crippen molar-refractivity contribution in [3.8, 4) is 0 Å². The average Bonchev–Trinajstić information content (AvgIpc) is 3.16. The summed E-state index contributed by atoms with van der Waals surface area (Å²) in [4.78, 5) is 25.9. The molecule has 2 heterocycles. The van der Waals surface area contributed by atoms with Crippen LogP contribution in [0.2, 0.25) is 0 Å². The maximum Gasteiger partial charge on any atom is 0.243 e. The van der Waals surface area contributed by atoms with Crippen LogP contribution >= 0.6 is 0 Å². The Balaban J connectivity index is 1.83. The predicted octanol–water partition coefficient (Wildman–Crippen LogP) is 1.81. The molecule has 8 heteroatoms. The van der Waals surface area contributed by atoms with Gasteiger partial charge in [0.15, 0.2) is 0 Å². The van der Waals surface area contributed by atoms with Gasteiger partial charge in [0.2, 0.25) is 21.8 Å². The largest absolute Gasteiger partial charge is 0.341 e. The molecule has 0 radical (unpaired) electrons. The van der Waals surface area contributed by atoms with E-state index in [4.69, 9.17) is 0 Å². The third-order valence-electron chi connectivity index (χ3n) is 4.94. The molecule has 2 saturated heterocycles. The number of piperidine rings is 1. The Bertz CT molecular complexity index is 770. The molecule has 1 N–H and O–H groups in total. The Kier molecular flexibility index (Phi) is 5.62. The highest BCUT2D eigenvalue weighted by molar-refractivity contribution is 7.89. The molecule has 0 aliphatic carbocycles. The van der Waals surface area contributed by atoms with Crippen LogP contribution in [0, 0.1) is 0 Å². The molecule has 142 valence electrons. The van der Waals surface area contributed by atoms with Gasteiger partial charge in [0.1, 0.15) is 6.04 Å². The molecule has 1 aromatic rings. The van der Waals surface area contributed by atoms with E-state index in [1.165, 1.54) is 23.4 Å². The highest BCUT2D eigenvalue weighted by atomic mass is 32.2. The molecule has 2 aliphatic heterocycles. The SMILES string of the molecule is CC(=O)Nc1ccc(S(=O)(=O)N2CCCCC2C(=O)N2CCCC2)cc1. The van der Waals surface area contributed by atoms with Gasteiger partial charge in [-0.25, -0.2) is 8.42 Å². The van der Waals surface area contributed by atoms with Crippen molar-refractivity contribution in [3.05, 3.63) is 24.3 Å². The topological polar surface area (TPSA) is 86.8 Å². The molecule has 2 fully saturated rings. The summed E-state index contributed by atoms with van der Waals surface area (Å²) < 4.78 is 27.6. The molecule has 26 heavy (non-hydrogen) atoms. The van der Waals surface area contributed by atoms with Gasteiger partial charge in [-0.1, -0.05) is 6.42 Å². The molecule has 2 aliphatic rings. The Labute approximate surface area is 154 Å². The molecule has 1 aromatic carbocycles. The van der Waals surface area contributed by atoms with Crippen LogP contribution in [0.15, 0.2) is 29.2 Å². The summed E-state index contributed by atoms with van der Waals surface area (Å²) in [6.07, 6.45) is 4.15. The Morgan fingerprint density at radius 1 is 1.00 bits per heavy atom. The minimum absolute atomic E-state index is 0.0689. The zero-order valence-electron chi connectivity index (χ0n) is 15.0. The van der Waals surface area contributed by atoms with E-state index in [0.717, 1.165) is 25.7 Å². The number of nitrogens with one attached hydrogen (secondary N) is 1. The van der Waals surface area contributed by atoms with E-state index in [9.17, 15) is 18.0 Å². The number of carbonyl (C=O) groups excluding carboxylic acids is 2. The van der Waals surface area contributed by atoms with Gasteiger partial charge in [0.05, 0.1) is 4.90 Å². The van der Waals surface area contributed by atoms with Crippen molar-refractivity contribution in [3.63, 3.8) is 0 Å². The van der Waals surface area contributed by atoms with Gasteiger partial charge in [0.25, 0.3) is 0 Å². The van der Waals surface area contributed by atoms with E-state index in [-0.39, 0.29) is 16.7 Å². The van der Waals surface area contributed by atoms with Crippen molar-refractivity contribution < 1.29 is 18.0 Å². The first-order chi connectivity index (χ1) is 12.4. The number of anilines is 1. The second-order valence-electron chi connectivity index (χ2n) is 6.87. The van der Waals surface area contributed by atoms with Crippen LogP contribution in [0.5, 0.6) is 0 Å². The van der Waals surface area contributed by atoms with Crippen LogP contribution < -0.4 is 5.32 Å². The van der Waals surface area contributed by atoms with Crippen LogP contribution in [0.25, 0.3) is 0 Å². The van der Waals surface area contributed by atoms with Gasteiger partial charge in [-0.05, 0) is 49.9 Å². The normalized spacial score (nSPS) is 21.6. The van der Waals surface area contributed by atoms with Gasteiger partial charge in [-0.2, -0.15) is 4.31 Å². The van der Waals surface area contributed by atoms with Crippen LogP contribution in [-0.4, -0.2) is 55.1 Å². The molecule has 0 saturated carbocycles. The fraction of sp³-hybridized carbons (Fsp3) is 0.556. The standard InChI is InChI=1S/C18H25N3O4S/c1-14(22)19-15-7-9-16(10-8-15)26(24,25)21-13-3-2-6-17(21)18(23)20-11-4-5-12-20/h7-10,17H,2-6,11-13H2,1H3,(H,19,22). The van der Waals surface area contributed by atoms with Gasteiger partial charge in [0, 0.05) is 32.2 Å². The van der Waals surface area contributed by atoms with Crippen molar-refractivity contribution in [2.75, 3.05) is 25.0 Å². The quantitative estimate of drug-likeness (QED) is 0.864. The molecule has 2 amide bonds. The summed E-state index contributed by atoms with van der Waals surface area (Å²) in [6.45, 7) is 3.19. The summed E-state index contributed by atoms with van der Waals surface area (Å²) in [5, 5.41) is 2.62. The molecular weight excluding hydrogens is 354 g/mol. The zero-order valence-corrected chi connectivity index (χ0v) is 15.8. The first kappa shape index (κ1) is 18.8. The van der Waals surface area contributed by atoms with Crippen LogP contribution in [0.1, 0.15) is 39.0 Å². The summed E-state index contributed by atoms with van der Waals surface area (Å²) in [7, 11) is -3.76. The average molecular weight is 379 g/mol. The number of benzene rings is 1. The monoisotopic (exact) mass is 379 g/mol. The van der Waals surface area contributed by atoms with Gasteiger partial charge >= 0.3 is 0 Å². The lowest BCUT2D eigenvalue weighted by atomic mass is 10.0. The van der Waals surface area contributed by atoms with Crippen molar-refractivity contribution in [2.45, 2.75) is 50.0 Å². The highest BCUT2D eigenvalue weighted by Crippen LogP contribution is 2.28. The molecule has 0 aromatic heterocycles. The number of hydrogen-bond donors (Lipinski definition) is 1. The number of hydrogen-bond acceptors (Lipinski definition) is 4. The first-order valence-electron chi connectivity index (χ1n) is 9.08. The number of sulfonamides is 1. The second-order valence-corrected chi connectivity index (χ2v) is 8.76. The van der Waals surface area contributed by atoms with E-state index < -0.39 is 16.1 Å². The fourth-order valence-corrected chi connectivity index (χ4v) is 5.29. The molecule has 0 bridgehead atoms. The van der Waals surface area contributed by atoms with Crippen LogP contribution in [-0.2, 0) is 19.6 Å². The molecule has 3 rings (SSSR count). The minimum Gasteiger partial charge on any atom is -0.341 e. The Morgan fingerprint density at radius 2 is 1.62 bits per heavy atom. The third kappa shape index (κ3) is 3.91. The van der Waals surface area contributed by atoms with Gasteiger partial charge in [-0.15, -0.1) is 0 Å². The highest BCUT2D eigenvalue weighted by Gasteiger charge is 2.39. The molecule has 0 spiro atoms. The van der Waals surface area contributed by atoms with E-state index in [1.807, 2.05) is 0 Å². The molecule has 1 unspecified atom stereocenters. The summed E-state index contributed by atoms with van der Waals surface area (Å²) in [6, 6.07) is 5.48. The summed E-state index contributed by atoms with van der Waals surface area (Å²) in [5.41, 5.74) is 0.541. The lowest BCUT2D eigenvalue weighted by Gasteiger charge is -2.35. The van der Waals surface area contributed by atoms with Crippen LogP contribution in [0.3, 0.4) is 0 Å². The lowest BCUT2D eigenvalue weighted by Crippen LogP contribution is -2.52. The van der Waals surface area contributed by atoms with E-state index >= 15 is 0 Å².